The van der Waals surface area contributed by atoms with Crippen LogP contribution in [0.3, 0.4) is 0 Å². The zero-order valence-electron chi connectivity index (χ0n) is 18.3. The van der Waals surface area contributed by atoms with Crippen LogP contribution in [-0.2, 0) is 11.3 Å². The summed E-state index contributed by atoms with van der Waals surface area (Å²) in [4.78, 5) is 16.0. The fourth-order valence-corrected chi connectivity index (χ4v) is 4.15. The number of aromatic nitrogens is 3. The third-order valence-corrected chi connectivity index (χ3v) is 5.69. The van der Waals surface area contributed by atoms with Crippen LogP contribution in [0, 0.1) is 0 Å². The number of ether oxygens (including phenoxy) is 1. The number of nitrogens with zero attached hydrogens (tertiary/aromatic N) is 3. The molecule has 0 unspecified atom stereocenters. The van der Waals surface area contributed by atoms with Crippen molar-refractivity contribution in [1.29, 1.82) is 0 Å². The molecule has 1 amide bonds. The SMILES string of the molecule is CC(C)OC(=O)Nc1ccc(-c2c(N)c3ccc(Cn4ccnc4)cc3n2C2CC2)cc1. The Morgan fingerprint density at radius 1 is 1.22 bits per heavy atom. The summed E-state index contributed by atoms with van der Waals surface area (Å²) in [6.07, 6.45) is 7.28. The molecule has 0 aliphatic heterocycles. The largest absolute Gasteiger partial charge is 0.447 e. The lowest BCUT2D eigenvalue weighted by Crippen LogP contribution is -2.17. The highest BCUT2D eigenvalue weighted by Crippen LogP contribution is 2.46. The van der Waals surface area contributed by atoms with Crippen molar-refractivity contribution in [2.45, 2.75) is 45.4 Å². The van der Waals surface area contributed by atoms with Crippen molar-refractivity contribution >= 4 is 28.4 Å². The Labute approximate surface area is 186 Å². The Balaban J connectivity index is 1.50. The first-order valence-electron chi connectivity index (χ1n) is 11.0. The van der Waals surface area contributed by atoms with Crippen LogP contribution in [0.2, 0.25) is 0 Å². The molecule has 1 aliphatic carbocycles. The van der Waals surface area contributed by atoms with Gasteiger partial charge in [0.05, 0.1) is 29.3 Å². The van der Waals surface area contributed by atoms with Crippen LogP contribution in [0.15, 0.2) is 61.2 Å². The molecule has 0 bridgehead atoms. The molecular weight excluding hydrogens is 402 g/mol. The van der Waals surface area contributed by atoms with Gasteiger partial charge in [-0.3, -0.25) is 5.32 Å². The maximum absolute atomic E-state index is 11.9. The number of nitrogen functional groups attached to an aromatic ring is 1. The molecule has 32 heavy (non-hydrogen) atoms. The number of fused-ring (bicyclic) bond motifs is 1. The van der Waals surface area contributed by atoms with E-state index < -0.39 is 6.09 Å². The predicted octanol–water partition coefficient (Wildman–Crippen LogP) is 5.43. The second kappa shape index (κ2) is 8.07. The maximum Gasteiger partial charge on any atom is 0.411 e. The molecular formula is C25H27N5O2. The molecule has 1 saturated carbocycles. The van der Waals surface area contributed by atoms with Crippen LogP contribution >= 0.6 is 0 Å². The van der Waals surface area contributed by atoms with Gasteiger partial charge in [-0.25, -0.2) is 9.78 Å². The van der Waals surface area contributed by atoms with E-state index >= 15 is 0 Å². The molecule has 164 valence electrons. The first-order chi connectivity index (χ1) is 15.5. The summed E-state index contributed by atoms with van der Waals surface area (Å²) in [6, 6.07) is 14.7. The van der Waals surface area contributed by atoms with Gasteiger partial charge in [0.2, 0.25) is 0 Å². The number of hydrogen-bond acceptors (Lipinski definition) is 4. The van der Waals surface area contributed by atoms with Gasteiger partial charge in [0.15, 0.2) is 0 Å². The van der Waals surface area contributed by atoms with Gasteiger partial charge < -0.3 is 19.6 Å². The monoisotopic (exact) mass is 429 g/mol. The number of nitrogens with one attached hydrogen (secondary N) is 1. The van der Waals surface area contributed by atoms with Gasteiger partial charge in [-0.1, -0.05) is 24.3 Å². The number of nitrogens with two attached hydrogens (primary N) is 1. The van der Waals surface area contributed by atoms with Crippen LogP contribution in [0.5, 0.6) is 0 Å². The van der Waals surface area contributed by atoms with Crippen LogP contribution in [0.1, 0.15) is 38.3 Å². The van der Waals surface area contributed by atoms with Crippen LogP contribution in [-0.4, -0.2) is 26.3 Å². The maximum atomic E-state index is 11.9. The molecule has 2 heterocycles. The summed E-state index contributed by atoms with van der Waals surface area (Å²) in [7, 11) is 0. The molecule has 1 aliphatic rings. The molecule has 0 atom stereocenters. The highest BCUT2D eigenvalue weighted by molar-refractivity contribution is 6.01. The topological polar surface area (TPSA) is 87.1 Å². The van der Waals surface area contributed by atoms with Gasteiger partial charge in [0, 0.05) is 41.6 Å². The quantitative estimate of drug-likeness (QED) is 0.428. The van der Waals surface area contributed by atoms with Crippen molar-refractivity contribution in [2.24, 2.45) is 0 Å². The Bertz CT molecular complexity index is 1250. The number of rotatable bonds is 6. The summed E-state index contributed by atoms with van der Waals surface area (Å²) < 4.78 is 9.60. The van der Waals surface area contributed by atoms with Gasteiger partial charge in [-0.15, -0.1) is 0 Å². The van der Waals surface area contributed by atoms with Gasteiger partial charge >= 0.3 is 6.09 Å². The molecule has 5 rings (SSSR count). The smallest absolute Gasteiger partial charge is 0.411 e. The molecule has 1 fully saturated rings. The third kappa shape index (κ3) is 3.93. The van der Waals surface area contributed by atoms with Crippen molar-refractivity contribution in [3.63, 3.8) is 0 Å². The number of hydrogen-bond donors (Lipinski definition) is 2. The average Bonchev–Trinajstić information content (AvgIpc) is 3.39. The average molecular weight is 430 g/mol. The Morgan fingerprint density at radius 3 is 2.66 bits per heavy atom. The summed E-state index contributed by atoms with van der Waals surface area (Å²) in [6.45, 7) is 4.42. The van der Waals surface area contributed by atoms with E-state index in [1.54, 1.807) is 6.20 Å². The van der Waals surface area contributed by atoms with E-state index in [2.05, 4.69) is 37.6 Å². The van der Waals surface area contributed by atoms with Crippen molar-refractivity contribution in [2.75, 3.05) is 11.1 Å². The Morgan fingerprint density at radius 2 is 2.00 bits per heavy atom. The van der Waals surface area contributed by atoms with E-state index in [4.69, 9.17) is 10.5 Å². The predicted molar refractivity (Wildman–Crippen MR) is 127 cm³/mol. The number of amides is 1. The van der Waals surface area contributed by atoms with E-state index in [0.717, 1.165) is 41.7 Å². The third-order valence-electron chi connectivity index (χ3n) is 5.69. The first-order valence-corrected chi connectivity index (χ1v) is 11.0. The van der Waals surface area contributed by atoms with E-state index in [1.165, 1.54) is 11.1 Å². The van der Waals surface area contributed by atoms with E-state index in [9.17, 15) is 4.79 Å². The number of imidazole rings is 1. The minimum atomic E-state index is -0.454. The number of benzene rings is 2. The second-order valence-electron chi connectivity index (χ2n) is 8.61. The zero-order chi connectivity index (χ0) is 22.2. The van der Waals surface area contributed by atoms with Gasteiger partial charge in [-0.2, -0.15) is 0 Å². The summed E-state index contributed by atoms with van der Waals surface area (Å²) >= 11 is 0. The Hall–Kier alpha value is -3.74. The summed E-state index contributed by atoms with van der Waals surface area (Å²) in [5.41, 5.74) is 12.6. The second-order valence-corrected chi connectivity index (χ2v) is 8.61. The van der Waals surface area contributed by atoms with Gasteiger partial charge in [0.25, 0.3) is 0 Å². The lowest BCUT2D eigenvalue weighted by molar-refractivity contribution is 0.130. The van der Waals surface area contributed by atoms with Crippen LogP contribution < -0.4 is 11.1 Å². The summed E-state index contributed by atoms with van der Waals surface area (Å²) in [5.74, 6) is 0. The molecule has 0 radical (unpaired) electrons. The van der Waals surface area contributed by atoms with E-state index in [-0.39, 0.29) is 6.10 Å². The molecule has 2 aromatic heterocycles. The van der Waals surface area contributed by atoms with Crippen LogP contribution in [0.4, 0.5) is 16.2 Å². The first kappa shape index (κ1) is 20.2. The van der Waals surface area contributed by atoms with Crippen molar-refractivity contribution in [1.82, 2.24) is 14.1 Å². The zero-order valence-corrected chi connectivity index (χ0v) is 18.3. The summed E-state index contributed by atoms with van der Waals surface area (Å²) in [5, 5.41) is 3.84. The molecule has 7 nitrogen and oxygen atoms in total. The Kier molecular flexibility index (Phi) is 5.09. The molecule has 2 aromatic carbocycles. The minimum absolute atomic E-state index is 0.165. The highest BCUT2D eigenvalue weighted by atomic mass is 16.6. The normalized spacial score (nSPS) is 13.6. The van der Waals surface area contributed by atoms with Crippen LogP contribution in [0.25, 0.3) is 22.2 Å². The van der Waals surface area contributed by atoms with Crippen molar-refractivity contribution < 1.29 is 9.53 Å². The fraction of sp³-hybridized carbons (Fsp3) is 0.280. The van der Waals surface area contributed by atoms with Gasteiger partial charge in [0.1, 0.15) is 0 Å². The molecule has 4 aromatic rings. The fourth-order valence-electron chi connectivity index (χ4n) is 4.15. The van der Waals surface area contributed by atoms with Crippen molar-refractivity contribution in [3.8, 4) is 11.3 Å². The van der Waals surface area contributed by atoms with Crippen molar-refractivity contribution in [3.05, 3.63) is 66.7 Å². The standard InChI is InChI=1S/C25H27N5O2/c1-16(2)32-25(31)28-19-6-4-18(5-7-19)24-23(26)21-10-3-17(14-29-12-11-27-15-29)13-22(21)30(24)20-8-9-20/h3-7,10-13,15-16,20H,8-9,14,26H2,1-2H3,(H,28,31). The number of carbonyl (C=O) groups is 1. The van der Waals surface area contributed by atoms with E-state index in [0.29, 0.717) is 11.7 Å². The molecule has 0 saturated heterocycles. The molecule has 7 heteroatoms. The molecule has 3 N–H and O–H groups in total. The highest BCUT2D eigenvalue weighted by Gasteiger charge is 2.30. The number of carbonyl (C=O) groups excluding carboxylic acids is 1. The van der Waals surface area contributed by atoms with Gasteiger partial charge in [-0.05, 0) is 50.5 Å². The number of anilines is 2. The lowest BCUT2D eigenvalue weighted by Gasteiger charge is -2.13. The lowest BCUT2D eigenvalue weighted by atomic mass is 10.1. The minimum Gasteiger partial charge on any atom is -0.447 e. The molecule has 0 spiro atoms. The van der Waals surface area contributed by atoms with E-state index in [1.807, 2.05) is 50.6 Å².